The van der Waals surface area contributed by atoms with Crippen molar-refractivity contribution in [2.24, 2.45) is 23.3 Å². The SMILES string of the molecule is Cc1c2c(c(CC(C)(C)C)c3ccc(CC(C)(C)C)cc13)Oc1cc(-c3ccc(CC(C)(C)C)cc3)cc3cc[n+](C)c-2c13. The molecule has 4 aromatic carbocycles. The van der Waals surface area contributed by atoms with Crippen LogP contribution in [0.5, 0.6) is 11.5 Å². The van der Waals surface area contributed by atoms with Crippen LogP contribution < -0.4 is 9.30 Å². The van der Waals surface area contributed by atoms with Crippen LogP contribution >= 0.6 is 0 Å². The van der Waals surface area contributed by atoms with E-state index in [1.807, 2.05) is 0 Å². The van der Waals surface area contributed by atoms with E-state index in [2.05, 4.69) is 148 Å². The maximum atomic E-state index is 7.12. The summed E-state index contributed by atoms with van der Waals surface area (Å²) in [5.74, 6) is 1.98. The normalized spacial score (nSPS) is 13.3. The lowest BCUT2D eigenvalue weighted by molar-refractivity contribution is -0.659. The molecule has 0 bridgehead atoms. The molecule has 0 saturated heterocycles. The van der Waals surface area contributed by atoms with Crippen LogP contribution in [0.25, 0.3) is 43.9 Å². The lowest BCUT2D eigenvalue weighted by Crippen LogP contribution is -2.32. The Morgan fingerprint density at radius 2 is 1.25 bits per heavy atom. The first kappa shape index (κ1) is 30.4. The molecule has 0 atom stereocenters. The average Bonchev–Trinajstić information content (AvgIpc) is 2.90. The number of ether oxygens (including phenoxy) is 1. The van der Waals surface area contributed by atoms with Crippen molar-refractivity contribution in [3.8, 4) is 33.9 Å². The largest absolute Gasteiger partial charge is 0.455 e. The van der Waals surface area contributed by atoms with Crippen molar-refractivity contribution in [1.82, 2.24) is 0 Å². The average molecular weight is 585 g/mol. The topological polar surface area (TPSA) is 13.1 Å². The molecule has 1 aromatic heterocycles. The van der Waals surface area contributed by atoms with E-state index in [0.717, 1.165) is 30.8 Å². The smallest absolute Gasteiger partial charge is 0.228 e. The van der Waals surface area contributed by atoms with E-state index in [-0.39, 0.29) is 16.2 Å². The molecule has 2 heteroatoms. The number of pyridine rings is 1. The van der Waals surface area contributed by atoms with Crippen molar-refractivity contribution in [3.05, 3.63) is 89.1 Å². The van der Waals surface area contributed by atoms with E-state index in [1.54, 1.807) is 0 Å². The predicted octanol–water partition coefficient (Wildman–Crippen LogP) is 11.3. The van der Waals surface area contributed by atoms with Crippen LogP contribution in [0, 0.1) is 23.2 Å². The first-order valence-corrected chi connectivity index (χ1v) is 16.3. The van der Waals surface area contributed by atoms with Gasteiger partial charge in [0.2, 0.25) is 5.69 Å². The molecule has 6 rings (SSSR count). The Bertz CT molecular complexity index is 1900. The minimum Gasteiger partial charge on any atom is -0.455 e. The van der Waals surface area contributed by atoms with Gasteiger partial charge in [-0.25, -0.2) is 4.57 Å². The molecule has 5 aromatic rings. The summed E-state index contributed by atoms with van der Waals surface area (Å²) >= 11 is 0. The number of aromatic nitrogens is 1. The van der Waals surface area contributed by atoms with Gasteiger partial charge in [0, 0.05) is 11.6 Å². The quantitative estimate of drug-likeness (QED) is 0.188. The third-order valence-electron chi connectivity index (χ3n) is 8.80. The van der Waals surface area contributed by atoms with E-state index >= 15 is 0 Å². The van der Waals surface area contributed by atoms with E-state index in [1.165, 1.54) is 66.2 Å². The van der Waals surface area contributed by atoms with Gasteiger partial charge in [-0.05, 0) is 98.5 Å². The maximum absolute atomic E-state index is 7.12. The highest BCUT2D eigenvalue weighted by Crippen LogP contribution is 2.52. The van der Waals surface area contributed by atoms with Crippen LogP contribution in [0.4, 0.5) is 0 Å². The molecule has 44 heavy (non-hydrogen) atoms. The minimum absolute atomic E-state index is 0.106. The summed E-state index contributed by atoms with van der Waals surface area (Å²) in [6.45, 7) is 23.1. The number of hydrogen-bond donors (Lipinski definition) is 0. The van der Waals surface area contributed by atoms with Crippen molar-refractivity contribution in [3.63, 3.8) is 0 Å². The summed E-state index contributed by atoms with van der Waals surface area (Å²) in [6, 6.07) is 23.1. The first-order chi connectivity index (χ1) is 20.5. The fraction of sp³-hybridized carbons (Fsp3) is 0.405. The molecule has 0 amide bonds. The highest BCUT2D eigenvalue weighted by Gasteiger charge is 2.34. The fourth-order valence-electron chi connectivity index (χ4n) is 7.12. The van der Waals surface area contributed by atoms with Crippen LogP contribution in [-0.2, 0) is 26.3 Å². The van der Waals surface area contributed by atoms with Crippen molar-refractivity contribution in [2.45, 2.75) is 88.5 Å². The van der Waals surface area contributed by atoms with E-state index in [9.17, 15) is 0 Å². The highest BCUT2D eigenvalue weighted by atomic mass is 16.5. The van der Waals surface area contributed by atoms with Crippen LogP contribution in [-0.4, -0.2) is 0 Å². The number of benzene rings is 4. The van der Waals surface area contributed by atoms with Gasteiger partial charge in [-0.15, -0.1) is 0 Å². The zero-order valence-electron chi connectivity index (χ0n) is 28.8. The van der Waals surface area contributed by atoms with Gasteiger partial charge >= 0.3 is 0 Å². The fourth-order valence-corrected chi connectivity index (χ4v) is 7.12. The standard InChI is InChI=1S/C42H50NO/c1-26-33-20-28(24-41(5,6)7)14-17-32(33)34(25-42(8,9)10)39-36(26)38-37-30(18-19-43(38)11)21-31(22-35(37)44-39)29-15-12-27(13-16-29)23-40(2,3)4/h12-22H,23-25H2,1-11H3/q+1. The third kappa shape index (κ3) is 5.88. The number of aryl methyl sites for hydroxylation is 2. The number of nitrogens with zero attached hydrogens (tertiary/aromatic N) is 1. The molecule has 228 valence electrons. The lowest BCUT2D eigenvalue weighted by atomic mass is 9.80. The molecule has 0 spiro atoms. The van der Waals surface area contributed by atoms with Crippen molar-refractivity contribution < 1.29 is 9.30 Å². The molecule has 1 aliphatic rings. The van der Waals surface area contributed by atoms with Crippen molar-refractivity contribution in [1.29, 1.82) is 0 Å². The Kier molecular flexibility index (Phi) is 7.23. The second-order valence-electron chi connectivity index (χ2n) is 16.9. The predicted molar refractivity (Wildman–Crippen MR) is 188 cm³/mol. The summed E-state index contributed by atoms with van der Waals surface area (Å²) in [5.41, 5.74) is 10.9. The molecule has 1 aliphatic heterocycles. The van der Waals surface area contributed by atoms with Gasteiger partial charge in [-0.3, -0.25) is 0 Å². The van der Waals surface area contributed by atoms with Crippen LogP contribution in [0.3, 0.4) is 0 Å². The van der Waals surface area contributed by atoms with Crippen molar-refractivity contribution in [2.75, 3.05) is 0 Å². The second kappa shape index (κ2) is 10.5. The van der Waals surface area contributed by atoms with Gasteiger partial charge in [0.15, 0.2) is 6.20 Å². The highest BCUT2D eigenvalue weighted by molar-refractivity contribution is 6.07. The van der Waals surface area contributed by atoms with Crippen LogP contribution in [0.1, 0.15) is 84.6 Å². The van der Waals surface area contributed by atoms with Crippen molar-refractivity contribution >= 4 is 21.5 Å². The monoisotopic (exact) mass is 584 g/mol. The van der Waals surface area contributed by atoms with Crippen LogP contribution in [0.2, 0.25) is 0 Å². The number of fused-ring (bicyclic) bond motifs is 3. The molecular weight excluding hydrogens is 534 g/mol. The zero-order valence-corrected chi connectivity index (χ0v) is 28.8. The van der Waals surface area contributed by atoms with E-state index in [0.29, 0.717) is 0 Å². The summed E-state index contributed by atoms with van der Waals surface area (Å²) in [7, 11) is 2.18. The van der Waals surface area contributed by atoms with E-state index in [4.69, 9.17) is 4.74 Å². The summed E-state index contributed by atoms with van der Waals surface area (Å²) < 4.78 is 9.42. The molecule has 2 nitrogen and oxygen atoms in total. The Balaban J connectivity index is 1.58. The Morgan fingerprint density at radius 3 is 1.89 bits per heavy atom. The number of rotatable bonds is 4. The molecular formula is C42H50NO+. The molecule has 0 radical (unpaired) electrons. The molecule has 0 unspecified atom stereocenters. The third-order valence-corrected chi connectivity index (χ3v) is 8.80. The molecule has 0 aliphatic carbocycles. The van der Waals surface area contributed by atoms with Crippen LogP contribution in [0.15, 0.2) is 66.9 Å². The molecule has 0 fully saturated rings. The second-order valence-corrected chi connectivity index (χ2v) is 16.9. The Hall–Kier alpha value is -3.65. The van der Waals surface area contributed by atoms with Gasteiger partial charge in [0.25, 0.3) is 0 Å². The summed E-state index contributed by atoms with van der Waals surface area (Å²) in [4.78, 5) is 0. The van der Waals surface area contributed by atoms with Gasteiger partial charge < -0.3 is 4.74 Å². The summed E-state index contributed by atoms with van der Waals surface area (Å²) in [6.07, 6.45) is 5.28. The molecule has 2 heterocycles. The number of hydrogen-bond acceptors (Lipinski definition) is 1. The lowest BCUT2D eigenvalue weighted by Gasteiger charge is -2.28. The van der Waals surface area contributed by atoms with Gasteiger partial charge in [-0.1, -0.05) is 105 Å². The molecule has 0 N–H and O–H groups in total. The Morgan fingerprint density at radius 1 is 0.636 bits per heavy atom. The zero-order chi connectivity index (χ0) is 31.8. The summed E-state index contributed by atoms with van der Waals surface area (Å²) in [5, 5.41) is 5.08. The maximum Gasteiger partial charge on any atom is 0.228 e. The molecule has 0 saturated carbocycles. The van der Waals surface area contributed by atoms with E-state index < -0.39 is 0 Å². The van der Waals surface area contributed by atoms with Gasteiger partial charge in [0.05, 0.1) is 10.9 Å². The Labute approximate surface area is 265 Å². The van der Waals surface area contributed by atoms with Gasteiger partial charge in [0.1, 0.15) is 18.5 Å². The first-order valence-electron chi connectivity index (χ1n) is 16.3. The van der Waals surface area contributed by atoms with Gasteiger partial charge in [-0.2, -0.15) is 0 Å². The minimum atomic E-state index is 0.106.